The molecular formula is C13H14FNOS. The van der Waals surface area contributed by atoms with Gasteiger partial charge in [-0.1, -0.05) is 13.8 Å². The summed E-state index contributed by atoms with van der Waals surface area (Å²) in [5.74, 6) is 0.0436. The van der Waals surface area contributed by atoms with Crippen LogP contribution in [-0.4, -0.2) is 11.2 Å². The molecule has 1 aliphatic rings. The number of thioether (sulfide) groups is 1. The SMILES string of the molecule is CC(C)[C@@H]1SC=C(c2ccc(F)cc2)NC1=O. The van der Waals surface area contributed by atoms with Crippen LogP contribution in [0.15, 0.2) is 29.7 Å². The summed E-state index contributed by atoms with van der Waals surface area (Å²) in [6, 6.07) is 6.11. The van der Waals surface area contributed by atoms with Gasteiger partial charge in [-0.25, -0.2) is 4.39 Å². The molecule has 2 nitrogen and oxygen atoms in total. The number of rotatable bonds is 2. The Morgan fingerprint density at radius 1 is 1.29 bits per heavy atom. The van der Waals surface area contributed by atoms with Gasteiger partial charge in [0.25, 0.3) is 0 Å². The van der Waals surface area contributed by atoms with Crippen LogP contribution >= 0.6 is 11.8 Å². The van der Waals surface area contributed by atoms with Crippen molar-refractivity contribution in [3.63, 3.8) is 0 Å². The van der Waals surface area contributed by atoms with E-state index in [1.807, 2.05) is 19.3 Å². The molecule has 1 amide bonds. The average Bonchev–Trinajstić information content (AvgIpc) is 2.29. The van der Waals surface area contributed by atoms with E-state index in [4.69, 9.17) is 0 Å². The Bertz CT molecular complexity index is 453. The van der Waals surface area contributed by atoms with Crippen LogP contribution in [0.4, 0.5) is 4.39 Å². The lowest BCUT2D eigenvalue weighted by Crippen LogP contribution is -2.37. The summed E-state index contributed by atoms with van der Waals surface area (Å²) in [7, 11) is 0. The van der Waals surface area contributed by atoms with Crippen molar-refractivity contribution in [2.24, 2.45) is 5.92 Å². The van der Waals surface area contributed by atoms with E-state index in [1.54, 1.807) is 12.1 Å². The zero-order chi connectivity index (χ0) is 12.4. The third kappa shape index (κ3) is 2.69. The van der Waals surface area contributed by atoms with Crippen molar-refractivity contribution in [2.75, 3.05) is 0 Å². The summed E-state index contributed by atoms with van der Waals surface area (Å²) < 4.78 is 12.8. The molecule has 0 saturated heterocycles. The molecule has 1 N–H and O–H groups in total. The fourth-order valence-corrected chi connectivity index (χ4v) is 2.64. The second kappa shape index (κ2) is 4.92. The van der Waals surface area contributed by atoms with Gasteiger partial charge in [-0.05, 0) is 41.2 Å². The van der Waals surface area contributed by atoms with Crippen LogP contribution in [0.2, 0.25) is 0 Å². The van der Waals surface area contributed by atoms with Crippen LogP contribution in [0.3, 0.4) is 0 Å². The number of hydrogen-bond donors (Lipinski definition) is 1. The molecule has 0 aromatic heterocycles. The maximum absolute atomic E-state index is 12.8. The second-order valence-corrected chi connectivity index (χ2v) is 5.34. The van der Waals surface area contributed by atoms with E-state index >= 15 is 0 Å². The van der Waals surface area contributed by atoms with Gasteiger partial charge in [-0.3, -0.25) is 4.79 Å². The molecule has 0 bridgehead atoms. The van der Waals surface area contributed by atoms with Crippen LogP contribution in [0.5, 0.6) is 0 Å². The van der Waals surface area contributed by atoms with E-state index in [2.05, 4.69) is 5.32 Å². The van der Waals surface area contributed by atoms with Crippen molar-refractivity contribution in [3.05, 3.63) is 41.1 Å². The average molecular weight is 251 g/mol. The lowest BCUT2D eigenvalue weighted by molar-refractivity contribution is -0.120. The second-order valence-electron chi connectivity index (χ2n) is 4.33. The Morgan fingerprint density at radius 2 is 1.94 bits per heavy atom. The standard InChI is InChI=1S/C13H14FNOS/c1-8(2)12-13(16)15-11(7-17-12)9-3-5-10(14)6-4-9/h3-8,12H,1-2H3,(H,15,16)/t12-/m0/s1. The monoisotopic (exact) mass is 251 g/mol. The van der Waals surface area contributed by atoms with Crippen LogP contribution in [-0.2, 0) is 4.79 Å². The molecule has 1 aromatic rings. The first-order chi connectivity index (χ1) is 8.08. The fraction of sp³-hybridized carbons (Fsp3) is 0.308. The Labute approximate surface area is 104 Å². The summed E-state index contributed by atoms with van der Waals surface area (Å²) in [5.41, 5.74) is 1.58. The van der Waals surface area contributed by atoms with Gasteiger partial charge in [0.1, 0.15) is 5.82 Å². The quantitative estimate of drug-likeness (QED) is 0.875. The molecule has 2 rings (SSSR count). The summed E-state index contributed by atoms with van der Waals surface area (Å²) >= 11 is 1.52. The number of hydrogen-bond acceptors (Lipinski definition) is 2. The molecule has 17 heavy (non-hydrogen) atoms. The van der Waals surface area contributed by atoms with Crippen LogP contribution in [0, 0.1) is 11.7 Å². The first-order valence-corrected chi connectivity index (χ1v) is 6.44. The third-order valence-electron chi connectivity index (χ3n) is 2.61. The van der Waals surface area contributed by atoms with E-state index in [-0.39, 0.29) is 17.0 Å². The van der Waals surface area contributed by atoms with Gasteiger partial charge in [0.15, 0.2) is 0 Å². The van der Waals surface area contributed by atoms with Gasteiger partial charge in [-0.2, -0.15) is 0 Å². The predicted octanol–water partition coefficient (Wildman–Crippen LogP) is 3.01. The fourth-order valence-electron chi connectivity index (χ4n) is 1.67. The van der Waals surface area contributed by atoms with Gasteiger partial charge in [0.2, 0.25) is 5.91 Å². The Balaban J connectivity index is 2.20. The molecule has 0 fully saturated rings. The predicted molar refractivity (Wildman–Crippen MR) is 68.7 cm³/mol. The van der Waals surface area contributed by atoms with E-state index in [9.17, 15) is 9.18 Å². The smallest absolute Gasteiger partial charge is 0.238 e. The zero-order valence-electron chi connectivity index (χ0n) is 9.74. The molecular weight excluding hydrogens is 237 g/mol. The molecule has 0 spiro atoms. The topological polar surface area (TPSA) is 29.1 Å². The first-order valence-electron chi connectivity index (χ1n) is 5.50. The van der Waals surface area contributed by atoms with E-state index < -0.39 is 0 Å². The molecule has 4 heteroatoms. The van der Waals surface area contributed by atoms with Crippen molar-refractivity contribution >= 4 is 23.4 Å². The molecule has 0 aliphatic carbocycles. The number of carbonyl (C=O) groups excluding carboxylic acids is 1. The summed E-state index contributed by atoms with van der Waals surface area (Å²) in [4.78, 5) is 11.8. The molecule has 1 atom stereocenters. The van der Waals surface area contributed by atoms with Crippen molar-refractivity contribution in [1.82, 2.24) is 5.32 Å². The number of benzene rings is 1. The minimum atomic E-state index is -0.274. The maximum Gasteiger partial charge on any atom is 0.238 e. The van der Waals surface area contributed by atoms with Gasteiger partial charge < -0.3 is 5.32 Å². The number of halogens is 1. The molecule has 1 aromatic carbocycles. The van der Waals surface area contributed by atoms with Crippen LogP contribution < -0.4 is 5.32 Å². The van der Waals surface area contributed by atoms with Crippen molar-refractivity contribution in [2.45, 2.75) is 19.1 Å². The highest BCUT2D eigenvalue weighted by Crippen LogP contribution is 2.29. The molecule has 1 heterocycles. The number of nitrogens with one attached hydrogen (secondary N) is 1. The van der Waals surface area contributed by atoms with Crippen LogP contribution in [0.25, 0.3) is 5.70 Å². The molecule has 0 radical (unpaired) electrons. The van der Waals surface area contributed by atoms with Gasteiger partial charge in [0, 0.05) is 0 Å². The van der Waals surface area contributed by atoms with E-state index in [1.165, 1.54) is 23.9 Å². The highest BCUT2D eigenvalue weighted by molar-refractivity contribution is 8.03. The normalized spacial score (nSPS) is 20.1. The largest absolute Gasteiger partial charge is 0.324 e. The van der Waals surface area contributed by atoms with Gasteiger partial charge in [0.05, 0.1) is 10.9 Å². The van der Waals surface area contributed by atoms with Crippen molar-refractivity contribution in [3.8, 4) is 0 Å². The number of amides is 1. The molecule has 1 aliphatic heterocycles. The van der Waals surface area contributed by atoms with E-state index in [0.29, 0.717) is 5.92 Å². The summed E-state index contributed by atoms with van der Waals surface area (Å²) in [6.45, 7) is 4.04. The molecule has 0 saturated carbocycles. The zero-order valence-corrected chi connectivity index (χ0v) is 10.6. The van der Waals surface area contributed by atoms with Crippen molar-refractivity contribution in [1.29, 1.82) is 0 Å². The van der Waals surface area contributed by atoms with Gasteiger partial charge >= 0.3 is 0 Å². The molecule has 0 unspecified atom stereocenters. The summed E-state index contributed by atoms with van der Waals surface area (Å²) in [6.07, 6.45) is 0. The minimum Gasteiger partial charge on any atom is -0.324 e. The lowest BCUT2D eigenvalue weighted by atomic mass is 10.1. The van der Waals surface area contributed by atoms with Crippen molar-refractivity contribution < 1.29 is 9.18 Å². The highest BCUT2D eigenvalue weighted by Gasteiger charge is 2.26. The first kappa shape index (κ1) is 12.2. The molecule has 90 valence electrons. The van der Waals surface area contributed by atoms with Crippen LogP contribution in [0.1, 0.15) is 19.4 Å². The Kier molecular flexibility index (Phi) is 3.52. The summed E-state index contributed by atoms with van der Waals surface area (Å²) in [5, 5.41) is 4.75. The number of carbonyl (C=O) groups is 1. The Morgan fingerprint density at radius 3 is 2.47 bits per heavy atom. The highest BCUT2D eigenvalue weighted by atomic mass is 32.2. The van der Waals surface area contributed by atoms with Gasteiger partial charge in [-0.15, -0.1) is 11.8 Å². The maximum atomic E-state index is 12.8. The van der Waals surface area contributed by atoms with E-state index in [0.717, 1.165) is 11.3 Å². The Hall–Kier alpha value is -1.29. The lowest BCUT2D eigenvalue weighted by Gasteiger charge is -2.24. The third-order valence-corrected chi connectivity index (χ3v) is 4.03. The minimum absolute atomic E-state index is 0.0202.